The number of alkyl halides is 3. The summed E-state index contributed by atoms with van der Waals surface area (Å²) in [5.41, 5.74) is 0.246. The first kappa shape index (κ1) is 12.9. The van der Waals surface area contributed by atoms with Crippen molar-refractivity contribution in [3.05, 3.63) is 28.2 Å². The molecule has 0 aliphatic carbocycles. The van der Waals surface area contributed by atoms with Crippen LogP contribution in [0.15, 0.2) is 22.7 Å². The number of hydrogen-bond donors (Lipinski definition) is 1. The second kappa shape index (κ2) is 4.78. The number of halogens is 4. The van der Waals surface area contributed by atoms with E-state index in [9.17, 15) is 18.3 Å². The Morgan fingerprint density at radius 2 is 2.00 bits per heavy atom. The highest BCUT2D eigenvalue weighted by atomic mass is 79.9. The maximum absolute atomic E-state index is 12.0. The summed E-state index contributed by atoms with van der Waals surface area (Å²) in [5.74, 6) is -1.17. The van der Waals surface area contributed by atoms with E-state index in [2.05, 4.69) is 20.7 Å². The summed E-state index contributed by atoms with van der Waals surface area (Å²) < 4.78 is 40.1. The minimum atomic E-state index is -4.83. The van der Waals surface area contributed by atoms with Crippen molar-refractivity contribution in [1.82, 2.24) is 0 Å². The zero-order valence-corrected chi connectivity index (χ0v) is 9.76. The van der Waals surface area contributed by atoms with Crippen molar-refractivity contribution in [2.24, 2.45) is 0 Å². The highest BCUT2D eigenvalue weighted by molar-refractivity contribution is 9.10. The molecule has 0 fully saturated rings. The maximum atomic E-state index is 12.0. The lowest BCUT2D eigenvalue weighted by Gasteiger charge is -2.12. The van der Waals surface area contributed by atoms with Crippen molar-refractivity contribution in [3.63, 3.8) is 0 Å². The number of allylic oxidation sites excluding steroid dienone is 1. The number of phenolic OH excluding ortho intramolecular Hbond substituents is 1. The fourth-order valence-electron chi connectivity index (χ4n) is 1.10. The van der Waals surface area contributed by atoms with E-state index >= 15 is 0 Å². The van der Waals surface area contributed by atoms with Gasteiger partial charge in [-0.1, -0.05) is 28.1 Å². The van der Waals surface area contributed by atoms with Crippen LogP contribution in [0.25, 0.3) is 6.08 Å². The first-order chi connectivity index (χ1) is 7.33. The van der Waals surface area contributed by atoms with Crippen LogP contribution in [0.3, 0.4) is 0 Å². The minimum absolute atomic E-state index is 0.246. The molecule has 0 spiro atoms. The van der Waals surface area contributed by atoms with Gasteiger partial charge in [-0.3, -0.25) is 0 Å². The van der Waals surface area contributed by atoms with Gasteiger partial charge in [-0.2, -0.15) is 0 Å². The molecule has 0 bridgehead atoms. The van der Waals surface area contributed by atoms with Crippen LogP contribution in [0.5, 0.6) is 11.5 Å². The van der Waals surface area contributed by atoms with Crippen molar-refractivity contribution >= 4 is 22.0 Å². The molecule has 0 aliphatic rings. The molecule has 0 radical (unpaired) electrons. The SMILES string of the molecule is C/C=C/c1cc(Br)cc(OC(F)(F)F)c1O. The molecule has 0 saturated heterocycles. The van der Waals surface area contributed by atoms with Gasteiger partial charge in [0.05, 0.1) is 0 Å². The van der Waals surface area contributed by atoms with E-state index in [1.807, 2.05) is 0 Å². The number of aromatic hydroxyl groups is 1. The topological polar surface area (TPSA) is 29.5 Å². The third-order valence-electron chi connectivity index (χ3n) is 1.64. The van der Waals surface area contributed by atoms with E-state index in [0.29, 0.717) is 4.47 Å². The Balaban J connectivity index is 3.19. The molecule has 88 valence electrons. The fraction of sp³-hybridized carbons (Fsp3) is 0.200. The number of benzene rings is 1. The minimum Gasteiger partial charge on any atom is -0.504 e. The highest BCUT2D eigenvalue weighted by Crippen LogP contribution is 2.37. The quantitative estimate of drug-likeness (QED) is 0.891. The second-order valence-electron chi connectivity index (χ2n) is 2.89. The lowest BCUT2D eigenvalue weighted by atomic mass is 10.2. The number of phenols is 1. The number of rotatable bonds is 2. The molecular weight excluding hydrogens is 289 g/mol. The molecule has 1 aromatic carbocycles. The fourth-order valence-corrected chi connectivity index (χ4v) is 1.56. The molecule has 0 aliphatic heterocycles. The van der Waals surface area contributed by atoms with Crippen LogP contribution in [-0.4, -0.2) is 11.5 Å². The predicted octanol–water partition coefficient (Wildman–Crippen LogP) is 4.09. The third-order valence-corrected chi connectivity index (χ3v) is 2.10. The molecule has 0 heterocycles. The van der Waals surface area contributed by atoms with Crippen LogP contribution in [0.4, 0.5) is 13.2 Å². The van der Waals surface area contributed by atoms with Crippen molar-refractivity contribution in [2.45, 2.75) is 13.3 Å². The maximum Gasteiger partial charge on any atom is 0.573 e. The molecule has 0 aromatic heterocycles. The van der Waals surface area contributed by atoms with Gasteiger partial charge in [-0.05, 0) is 19.1 Å². The van der Waals surface area contributed by atoms with Gasteiger partial charge in [0, 0.05) is 10.0 Å². The Morgan fingerprint density at radius 3 is 2.50 bits per heavy atom. The molecule has 1 rings (SSSR count). The van der Waals surface area contributed by atoms with E-state index < -0.39 is 17.9 Å². The first-order valence-electron chi connectivity index (χ1n) is 4.24. The Labute approximate surface area is 98.5 Å². The Hall–Kier alpha value is -1.17. The summed E-state index contributed by atoms with van der Waals surface area (Å²) in [6, 6.07) is 2.54. The molecular formula is C10H8BrF3O2. The number of hydrogen-bond acceptors (Lipinski definition) is 2. The first-order valence-corrected chi connectivity index (χ1v) is 5.03. The summed E-state index contributed by atoms with van der Waals surface area (Å²) >= 11 is 3.03. The largest absolute Gasteiger partial charge is 0.573 e. The van der Waals surface area contributed by atoms with Crippen molar-refractivity contribution < 1.29 is 23.0 Å². The van der Waals surface area contributed by atoms with Gasteiger partial charge in [0.1, 0.15) is 0 Å². The summed E-state index contributed by atoms with van der Waals surface area (Å²) in [4.78, 5) is 0. The van der Waals surface area contributed by atoms with Crippen LogP contribution in [-0.2, 0) is 0 Å². The van der Waals surface area contributed by atoms with Crippen molar-refractivity contribution in [2.75, 3.05) is 0 Å². The normalized spacial score (nSPS) is 12.1. The van der Waals surface area contributed by atoms with Crippen LogP contribution in [0.2, 0.25) is 0 Å². The van der Waals surface area contributed by atoms with Crippen LogP contribution < -0.4 is 4.74 Å². The van der Waals surface area contributed by atoms with Gasteiger partial charge < -0.3 is 9.84 Å². The van der Waals surface area contributed by atoms with Crippen molar-refractivity contribution in [3.8, 4) is 11.5 Å². The predicted molar refractivity (Wildman–Crippen MR) is 57.2 cm³/mol. The van der Waals surface area contributed by atoms with E-state index in [1.165, 1.54) is 12.1 Å². The van der Waals surface area contributed by atoms with E-state index in [-0.39, 0.29) is 5.56 Å². The third kappa shape index (κ3) is 3.44. The van der Waals surface area contributed by atoms with Gasteiger partial charge in [-0.25, -0.2) is 0 Å². The summed E-state index contributed by atoms with van der Waals surface area (Å²) in [6.07, 6.45) is -1.76. The smallest absolute Gasteiger partial charge is 0.504 e. The van der Waals surface area contributed by atoms with E-state index in [1.54, 1.807) is 13.0 Å². The summed E-state index contributed by atoms with van der Waals surface area (Å²) in [6.45, 7) is 1.69. The van der Waals surface area contributed by atoms with Gasteiger partial charge in [0.25, 0.3) is 0 Å². The molecule has 2 nitrogen and oxygen atoms in total. The monoisotopic (exact) mass is 296 g/mol. The molecule has 16 heavy (non-hydrogen) atoms. The summed E-state index contributed by atoms with van der Waals surface area (Å²) in [7, 11) is 0. The lowest BCUT2D eigenvalue weighted by Crippen LogP contribution is -2.17. The van der Waals surface area contributed by atoms with Crippen LogP contribution >= 0.6 is 15.9 Å². The standard InChI is InChI=1S/C10H8BrF3O2/c1-2-3-6-4-7(11)5-8(9(6)15)16-10(12,13)14/h2-5,15H,1H3/b3-2+. The molecule has 1 N–H and O–H groups in total. The Bertz CT molecular complexity index is 413. The molecule has 1 aromatic rings. The second-order valence-corrected chi connectivity index (χ2v) is 3.81. The Morgan fingerprint density at radius 1 is 1.38 bits per heavy atom. The molecule has 0 unspecified atom stereocenters. The molecule has 0 saturated carbocycles. The van der Waals surface area contributed by atoms with Crippen LogP contribution in [0, 0.1) is 0 Å². The lowest BCUT2D eigenvalue weighted by molar-refractivity contribution is -0.275. The van der Waals surface area contributed by atoms with Gasteiger partial charge in [-0.15, -0.1) is 13.2 Å². The molecule has 6 heteroatoms. The van der Waals surface area contributed by atoms with Crippen LogP contribution in [0.1, 0.15) is 12.5 Å². The van der Waals surface area contributed by atoms with Gasteiger partial charge >= 0.3 is 6.36 Å². The van der Waals surface area contributed by atoms with E-state index in [0.717, 1.165) is 6.07 Å². The zero-order valence-electron chi connectivity index (χ0n) is 8.18. The average molecular weight is 297 g/mol. The number of ether oxygens (including phenoxy) is 1. The Kier molecular flexibility index (Phi) is 3.85. The average Bonchev–Trinajstić information content (AvgIpc) is 2.11. The molecule has 0 amide bonds. The van der Waals surface area contributed by atoms with Gasteiger partial charge in [0.2, 0.25) is 0 Å². The van der Waals surface area contributed by atoms with E-state index in [4.69, 9.17) is 0 Å². The zero-order chi connectivity index (χ0) is 12.3. The molecule has 0 atom stereocenters. The highest BCUT2D eigenvalue weighted by Gasteiger charge is 2.32. The summed E-state index contributed by atoms with van der Waals surface area (Å²) in [5, 5.41) is 9.51. The van der Waals surface area contributed by atoms with Gasteiger partial charge in [0.15, 0.2) is 11.5 Å². The van der Waals surface area contributed by atoms with Crippen molar-refractivity contribution in [1.29, 1.82) is 0 Å².